The zero-order valence-corrected chi connectivity index (χ0v) is 16.1. The highest BCUT2D eigenvalue weighted by molar-refractivity contribution is 5.13. The molecule has 0 radical (unpaired) electrons. The third-order valence-electron chi connectivity index (χ3n) is 5.16. The molecule has 0 saturated carbocycles. The number of fused-ring (bicyclic) bond motifs is 2. The lowest BCUT2D eigenvalue weighted by Gasteiger charge is -2.48. The Kier molecular flexibility index (Phi) is 5.14. The van der Waals surface area contributed by atoms with Gasteiger partial charge in [0.2, 0.25) is 0 Å². The summed E-state index contributed by atoms with van der Waals surface area (Å²) in [7, 11) is 0. The van der Waals surface area contributed by atoms with Crippen LogP contribution < -0.4 is 0 Å². The highest BCUT2D eigenvalue weighted by Gasteiger charge is 2.69. The van der Waals surface area contributed by atoms with E-state index in [-0.39, 0.29) is 29.8 Å². The van der Waals surface area contributed by atoms with Crippen molar-refractivity contribution in [3.8, 4) is 0 Å². The molecule has 0 N–H and O–H groups in total. The van der Waals surface area contributed by atoms with Gasteiger partial charge in [0.15, 0.2) is 6.29 Å². The van der Waals surface area contributed by atoms with Gasteiger partial charge in [-0.2, -0.15) is 0 Å². The smallest absolute Gasteiger partial charge is 0.291 e. The standard InChI is InChI=1S/C21H28O6/c1-5-11-23-17-16-15(13-22-12-14-9-7-6-8-10-14)24-19-18(17)26-21(25-16,27-19)20(2,3)4/h5-10,15-19H,1,11-13H2,2-4H3/t15-,16-,17+,18-,19-,21?/m1/s1. The Morgan fingerprint density at radius 3 is 2.56 bits per heavy atom. The van der Waals surface area contributed by atoms with Gasteiger partial charge >= 0.3 is 0 Å². The lowest BCUT2D eigenvalue weighted by atomic mass is 9.91. The SMILES string of the molecule is C=CCO[C@@H]1[C@H]2OC3(C(C)(C)C)O[C@H]2O[C@H](COCc2ccccc2)[C@H]1O3. The summed E-state index contributed by atoms with van der Waals surface area (Å²) in [5, 5.41) is 0. The first-order chi connectivity index (χ1) is 12.9. The fraction of sp³-hybridized carbons (Fsp3) is 0.619. The summed E-state index contributed by atoms with van der Waals surface area (Å²) < 4.78 is 36.6. The van der Waals surface area contributed by atoms with Crippen molar-refractivity contribution in [2.24, 2.45) is 5.41 Å². The summed E-state index contributed by atoms with van der Waals surface area (Å²) in [6.45, 7) is 11.1. The third-order valence-corrected chi connectivity index (χ3v) is 5.16. The average Bonchev–Trinajstić information content (AvgIpc) is 2.86. The number of ether oxygens (including phenoxy) is 6. The molecule has 0 amide bonds. The summed E-state index contributed by atoms with van der Waals surface area (Å²) in [6.07, 6.45) is -0.0616. The van der Waals surface area contributed by atoms with Crippen LogP contribution in [-0.2, 0) is 35.0 Å². The molecule has 6 atom stereocenters. The maximum absolute atomic E-state index is 6.34. The van der Waals surface area contributed by atoms with E-state index in [9.17, 15) is 0 Å². The molecule has 1 aromatic carbocycles. The number of hydrogen-bond acceptors (Lipinski definition) is 6. The summed E-state index contributed by atoms with van der Waals surface area (Å²) in [6, 6.07) is 10.1. The van der Waals surface area contributed by atoms with Crippen LogP contribution >= 0.6 is 0 Å². The first-order valence-corrected chi connectivity index (χ1v) is 9.46. The van der Waals surface area contributed by atoms with E-state index in [2.05, 4.69) is 6.58 Å². The minimum Gasteiger partial charge on any atom is -0.374 e. The predicted octanol–water partition coefficient (Wildman–Crippen LogP) is 3.01. The highest BCUT2D eigenvalue weighted by atomic mass is 17.0. The van der Waals surface area contributed by atoms with E-state index in [0.717, 1.165) is 5.56 Å². The summed E-state index contributed by atoms with van der Waals surface area (Å²) in [4.78, 5) is 0. The van der Waals surface area contributed by atoms with Crippen molar-refractivity contribution in [2.75, 3.05) is 13.2 Å². The first kappa shape index (κ1) is 19.1. The zero-order valence-electron chi connectivity index (χ0n) is 16.1. The molecule has 3 aliphatic heterocycles. The van der Waals surface area contributed by atoms with Crippen LogP contribution in [0.15, 0.2) is 43.0 Å². The molecule has 3 fully saturated rings. The van der Waals surface area contributed by atoms with Crippen molar-refractivity contribution in [1.82, 2.24) is 0 Å². The van der Waals surface area contributed by atoms with E-state index >= 15 is 0 Å². The predicted molar refractivity (Wildman–Crippen MR) is 97.7 cm³/mol. The van der Waals surface area contributed by atoms with E-state index in [1.165, 1.54) is 0 Å². The van der Waals surface area contributed by atoms with E-state index in [0.29, 0.717) is 19.8 Å². The minimum atomic E-state index is -1.13. The molecule has 1 aromatic rings. The molecule has 1 unspecified atom stereocenters. The van der Waals surface area contributed by atoms with Gasteiger partial charge in [-0.3, -0.25) is 4.74 Å². The Labute approximate surface area is 160 Å². The van der Waals surface area contributed by atoms with Crippen LogP contribution in [0.3, 0.4) is 0 Å². The van der Waals surface area contributed by atoms with Crippen molar-refractivity contribution in [2.45, 2.75) is 64.1 Å². The molecule has 0 aliphatic carbocycles. The Morgan fingerprint density at radius 1 is 1.11 bits per heavy atom. The van der Waals surface area contributed by atoms with E-state index in [1.807, 2.05) is 51.1 Å². The maximum Gasteiger partial charge on any atom is 0.291 e. The van der Waals surface area contributed by atoms with Gasteiger partial charge in [-0.25, -0.2) is 0 Å². The molecule has 6 nitrogen and oxygen atoms in total. The van der Waals surface area contributed by atoms with Crippen molar-refractivity contribution >= 4 is 0 Å². The lowest BCUT2D eigenvalue weighted by Crippen LogP contribution is -2.64. The Balaban J connectivity index is 1.48. The number of hydrogen-bond donors (Lipinski definition) is 0. The topological polar surface area (TPSA) is 55.4 Å². The summed E-state index contributed by atoms with van der Waals surface area (Å²) in [5.41, 5.74) is 0.746. The van der Waals surface area contributed by atoms with Crippen LogP contribution in [0, 0.1) is 5.41 Å². The monoisotopic (exact) mass is 376 g/mol. The molecule has 3 aliphatic rings. The molecule has 3 saturated heterocycles. The Morgan fingerprint density at radius 2 is 1.85 bits per heavy atom. The van der Waals surface area contributed by atoms with Crippen LogP contribution in [0.4, 0.5) is 0 Å². The molecule has 27 heavy (non-hydrogen) atoms. The van der Waals surface area contributed by atoms with Gasteiger partial charge in [-0.05, 0) is 5.56 Å². The Hall–Kier alpha value is -1.28. The molecular weight excluding hydrogens is 348 g/mol. The van der Waals surface area contributed by atoms with Crippen LogP contribution in [0.1, 0.15) is 26.3 Å². The maximum atomic E-state index is 6.34. The molecule has 148 valence electrons. The third kappa shape index (κ3) is 3.46. The molecular formula is C21H28O6. The van der Waals surface area contributed by atoms with Crippen molar-refractivity contribution in [3.05, 3.63) is 48.6 Å². The quantitative estimate of drug-likeness (QED) is 0.682. The van der Waals surface area contributed by atoms with Crippen molar-refractivity contribution in [1.29, 1.82) is 0 Å². The Bertz CT molecular complexity index is 656. The molecule has 0 aromatic heterocycles. The second-order valence-corrected chi connectivity index (χ2v) is 8.22. The van der Waals surface area contributed by atoms with E-state index in [1.54, 1.807) is 6.08 Å². The van der Waals surface area contributed by atoms with Gasteiger partial charge in [-0.1, -0.05) is 57.2 Å². The molecule has 3 bridgehead atoms. The van der Waals surface area contributed by atoms with E-state index < -0.39 is 12.3 Å². The van der Waals surface area contributed by atoms with Gasteiger partial charge in [0.25, 0.3) is 5.97 Å². The molecule has 4 rings (SSSR count). The van der Waals surface area contributed by atoms with Gasteiger partial charge < -0.3 is 23.7 Å². The molecule has 6 heteroatoms. The number of rotatable bonds is 7. The van der Waals surface area contributed by atoms with Gasteiger partial charge in [-0.15, -0.1) is 6.58 Å². The van der Waals surface area contributed by atoms with Crippen LogP contribution in [0.2, 0.25) is 0 Å². The second kappa shape index (κ2) is 7.28. The number of benzene rings is 1. The van der Waals surface area contributed by atoms with Crippen LogP contribution in [0.5, 0.6) is 0 Å². The second-order valence-electron chi connectivity index (χ2n) is 8.22. The fourth-order valence-corrected chi connectivity index (χ4v) is 3.74. The molecule has 3 heterocycles. The van der Waals surface area contributed by atoms with E-state index in [4.69, 9.17) is 28.4 Å². The highest BCUT2D eigenvalue weighted by Crippen LogP contribution is 2.53. The van der Waals surface area contributed by atoms with Crippen molar-refractivity contribution in [3.63, 3.8) is 0 Å². The normalized spacial score (nSPS) is 37.5. The van der Waals surface area contributed by atoms with Crippen molar-refractivity contribution < 1.29 is 28.4 Å². The largest absolute Gasteiger partial charge is 0.374 e. The van der Waals surface area contributed by atoms with Crippen LogP contribution in [0.25, 0.3) is 0 Å². The van der Waals surface area contributed by atoms with Gasteiger partial charge in [0.1, 0.15) is 24.4 Å². The average molecular weight is 376 g/mol. The first-order valence-electron chi connectivity index (χ1n) is 9.46. The van der Waals surface area contributed by atoms with Gasteiger partial charge in [0.05, 0.1) is 19.8 Å². The van der Waals surface area contributed by atoms with Gasteiger partial charge in [0, 0.05) is 5.41 Å². The fourth-order valence-electron chi connectivity index (χ4n) is 3.74. The lowest BCUT2D eigenvalue weighted by molar-refractivity contribution is -0.429. The molecule has 0 spiro atoms. The minimum absolute atomic E-state index is 0.287. The zero-order chi connectivity index (χ0) is 19.1. The summed E-state index contributed by atoms with van der Waals surface area (Å²) >= 11 is 0. The summed E-state index contributed by atoms with van der Waals surface area (Å²) in [5.74, 6) is -1.13. The van der Waals surface area contributed by atoms with Crippen LogP contribution in [-0.4, -0.2) is 49.9 Å².